The molecule has 0 spiro atoms. The van der Waals surface area contributed by atoms with E-state index in [1.54, 1.807) is 18.4 Å². The lowest BCUT2D eigenvalue weighted by molar-refractivity contribution is 0.107. The Morgan fingerprint density at radius 3 is 2.62 bits per heavy atom. The number of para-hydroxylation sites is 1. The van der Waals surface area contributed by atoms with E-state index in [0.29, 0.717) is 6.54 Å². The molecule has 0 saturated heterocycles. The molecule has 0 saturated carbocycles. The van der Waals surface area contributed by atoms with Crippen molar-refractivity contribution in [1.29, 1.82) is 0 Å². The monoisotopic (exact) mass is 304 g/mol. The van der Waals surface area contributed by atoms with Crippen LogP contribution in [-0.4, -0.2) is 19.7 Å². The van der Waals surface area contributed by atoms with E-state index in [-0.39, 0.29) is 12.1 Å². The number of urea groups is 1. The normalized spacial score (nSPS) is 12.0. The Balaban J connectivity index is 1.89. The van der Waals surface area contributed by atoms with Crippen LogP contribution in [0.2, 0.25) is 0 Å². The van der Waals surface area contributed by atoms with Gasteiger partial charge in [-0.25, -0.2) is 4.79 Å². The molecule has 0 aliphatic rings. The second-order valence-electron chi connectivity index (χ2n) is 4.82. The third kappa shape index (κ3) is 4.31. The zero-order valence-electron chi connectivity index (χ0n) is 12.5. The summed E-state index contributed by atoms with van der Waals surface area (Å²) in [5.41, 5.74) is 1.85. The summed E-state index contributed by atoms with van der Waals surface area (Å²) in [5.74, 6) is 0. The average Bonchev–Trinajstić information content (AvgIpc) is 2.89. The van der Waals surface area contributed by atoms with Gasteiger partial charge < -0.3 is 15.4 Å². The van der Waals surface area contributed by atoms with Gasteiger partial charge in [0.1, 0.15) is 6.10 Å². The van der Waals surface area contributed by atoms with Gasteiger partial charge in [-0.3, -0.25) is 0 Å². The number of amides is 2. The zero-order valence-corrected chi connectivity index (χ0v) is 13.3. The fraction of sp³-hybridized carbons (Fsp3) is 0.312. The number of hydrogen-bond donors (Lipinski definition) is 2. The Morgan fingerprint density at radius 2 is 2.00 bits per heavy atom. The highest BCUT2D eigenvalue weighted by atomic mass is 32.1. The lowest BCUT2D eigenvalue weighted by Crippen LogP contribution is -2.32. The molecule has 112 valence electrons. The second kappa shape index (κ2) is 7.24. The van der Waals surface area contributed by atoms with Crippen molar-refractivity contribution < 1.29 is 9.53 Å². The number of benzene rings is 1. The predicted molar refractivity (Wildman–Crippen MR) is 87.0 cm³/mol. The van der Waals surface area contributed by atoms with Crippen molar-refractivity contribution in [2.75, 3.05) is 19.0 Å². The highest BCUT2D eigenvalue weighted by Crippen LogP contribution is 2.24. The van der Waals surface area contributed by atoms with Crippen LogP contribution in [0.15, 0.2) is 36.4 Å². The molecular weight excluding hydrogens is 284 g/mol. The van der Waals surface area contributed by atoms with Crippen LogP contribution in [0.25, 0.3) is 0 Å². The van der Waals surface area contributed by atoms with Gasteiger partial charge in [0.2, 0.25) is 0 Å². The minimum atomic E-state index is -0.223. The van der Waals surface area contributed by atoms with Crippen LogP contribution >= 0.6 is 11.3 Å². The molecule has 0 aliphatic heterocycles. The maximum Gasteiger partial charge on any atom is 0.319 e. The zero-order chi connectivity index (χ0) is 15.2. The Morgan fingerprint density at radius 1 is 1.24 bits per heavy atom. The first-order valence-electron chi connectivity index (χ1n) is 6.79. The van der Waals surface area contributed by atoms with E-state index < -0.39 is 0 Å². The van der Waals surface area contributed by atoms with Crippen molar-refractivity contribution in [2.45, 2.75) is 20.0 Å². The molecular formula is C16H20N2O2S. The number of carbonyl (C=O) groups excluding carboxylic acids is 1. The van der Waals surface area contributed by atoms with Crippen molar-refractivity contribution >= 4 is 23.1 Å². The summed E-state index contributed by atoms with van der Waals surface area (Å²) in [6, 6.07) is 11.6. The number of rotatable bonds is 5. The molecule has 1 heterocycles. The number of carbonyl (C=O) groups is 1. The number of methoxy groups -OCH3 is 1. The minimum Gasteiger partial charge on any atom is -0.374 e. The molecule has 0 aliphatic carbocycles. The fourth-order valence-corrected chi connectivity index (χ4v) is 2.95. The SMILES string of the molecule is COC(CNC(=O)Nc1ccccc1C)c1ccc(C)s1. The molecule has 2 N–H and O–H groups in total. The van der Waals surface area contributed by atoms with Gasteiger partial charge in [-0.2, -0.15) is 0 Å². The van der Waals surface area contributed by atoms with Crippen LogP contribution in [0.1, 0.15) is 21.4 Å². The van der Waals surface area contributed by atoms with Crippen LogP contribution in [0.5, 0.6) is 0 Å². The summed E-state index contributed by atoms with van der Waals surface area (Å²) in [7, 11) is 1.65. The Bertz CT molecular complexity index is 610. The lowest BCUT2D eigenvalue weighted by Gasteiger charge is -2.15. The topological polar surface area (TPSA) is 50.4 Å². The maximum atomic E-state index is 11.9. The highest BCUT2D eigenvalue weighted by Gasteiger charge is 2.14. The maximum absolute atomic E-state index is 11.9. The molecule has 1 aromatic carbocycles. The van der Waals surface area contributed by atoms with Gasteiger partial charge in [0.25, 0.3) is 0 Å². The molecule has 0 radical (unpaired) electrons. The Kier molecular flexibility index (Phi) is 5.36. The molecule has 5 heteroatoms. The molecule has 2 aromatic rings. The molecule has 0 bridgehead atoms. The molecule has 4 nitrogen and oxygen atoms in total. The van der Waals surface area contributed by atoms with E-state index in [0.717, 1.165) is 16.1 Å². The first-order chi connectivity index (χ1) is 10.1. The van der Waals surface area contributed by atoms with Crippen molar-refractivity contribution in [2.24, 2.45) is 0 Å². The highest BCUT2D eigenvalue weighted by molar-refractivity contribution is 7.12. The summed E-state index contributed by atoms with van der Waals surface area (Å²) in [6.45, 7) is 4.45. The second-order valence-corrected chi connectivity index (χ2v) is 6.14. The molecule has 1 aromatic heterocycles. The van der Waals surface area contributed by atoms with Crippen LogP contribution in [0, 0.1) is 13.8 Å². The van der Waals surface area contributed by atoms with Crippen LogP contribution in [-0.2, 0) is 4.74 Å². The van der Waals surface area contributed by atoms with Crippen LogP contribution in [0.4, 0.5) is 10.5 Å². The smallest absolute Gasteiger partial charge is 0.319 e. The first kappa shape index (κ1) is 15.5. The molecule has 2 rings (SSSR count). The van der Waals surface area contributed by atoms with Crippen molar-refractivity contribution in [3.63, 3.8) is 0 Å². The molecule has 2 amide bonds. The van der Waals surface area contributed by atoms with Crippen LogP contribution < -0.4 is 10.6 Å². The van der Waals surface area contributed by atoms with E-state index in [1.165, 1.54) is 4.88 Å². The molecule has 1 atom stereocenters. The minimum absolute atomic E-state index is 0.119. The third-order valence-electron chi connectivity index (χ3n) is 3.20. The summed E-state index contributed by atoms with van der Waals surface area (Å²) in [6.07, 6.45) is -0.119. The molecule has 0 fully saturated rings. The van der Waals surface area contributed by atoms with Gasteiger partial charge in [-0.05, 0) is 37.6 Å². The van der Waals surface area contributed by atoms with Crippen molar-refractivity contribution in [3.05, 3.63) is 51.7 Å². The largest absolute Gasteiger partial charge is 0.374 e. The van der Waals surface area contributed by atoms with E-state index >= 15 is 0 Å². The van der Waals surface area contributed by atoms with Gasteiger partial charge in [0.05, 0.1) is 6.54 Å². The summed E-state index contributed by atoms with van der Waals surface area (Å²) in [4.78, 5) is 14.3. The third-order valence-corrected chi connectivity index (χ3v) is 4.30. The van der Waals surface area contributed by atoms with Gasteiger partial charge in [0.15, 0.2) is 0 Å². The lowest BCUT2D eigenvalue weighted by atomic mass is 10.2. The molecule has 21 heavy (non-hydrogen) atoms. The first-order valence-corrected chi connectivity index (χ1v) is 7.61. The van der Waals surface area contributed by atoms with E-state index in [1.807, 2.05) is 37.3 Å². The Labute approximate surface area is 129 Å². The Hall–Kier alpha value is -1.85. The number of ether oxygens (including phenoxy) is 1. The number of thiophene rings is 1. The van der Waals surface area contributed by atoms with Gasteiger partial charge in [-0.1, -0.05) is 18.2 Å². The average molecular weight is 304 g/mol. The van der Waals surface area contributed by atoms with Crippen molar-refractivity contribution in [3.8, 4) is 0 Å². The summed E-state index contributed by atoms with van der Waals surface area (Å²) in [5, 5.41) is 5.69. The number of hydrogen-bond acceptors (Lipinski definition) is 3. The van der Waals surface area contributed by atoms with E-state index in [4.69, 9.17) is 4.74 Å². The quantitative estimate of drug-likeness (QED) is 0.881. The fourth-order valence-electron chi connectivity index (χ4n) is 1.99. The van der Waals surface area contributed by atoms with Gasteiger partial charge >= 0.3 is 6.03 Å². The molecule has 1 unspecified atom stereocenters. The van der Waals surface area contributed by atoms with E-state index in [2.05, 4.69) is 23.6 Å². The summed E-state index contributed by atoms with van der Waals surface area (Å²) < 4.78 is 5.44. The van der Waals surface area contributed by atoms with Crippen LogP contribution in [0.3, 0.4) is 0 Å². The van der Waals surface area contributed by atoms with Gasteiger partial charge in [-0.15, -0.1) is 11.3 Å². The predicted octanol–water partition coefficient (Wildman–Crippen LogP) is 3.87. The van der Waals surface area contributed by atoms with Gasteiger partial charge in [0, 0.05) is 22.6 Å². The van der Waals surface area contributed by atoms with Crippen molar-refractivity contribution in [1.82, 2.24) is 5.32 Å². The van der Waals surface area contributed by atoms with E-state index in [9.17, 15) is 4.79 Å². The number of anilines is 1. The number of nitrogens with one attached hydrogen (secondary N) is 2. The standard InChI is InChI=1S/C16H20N2O2S/c1-11-6-4-5-7-13(11)18-16(19)17-10-14(20-3)15-9-8-12(2)21-15/h4-9,14H,10H2,1-3H3,(H2,17,18,19). The summed E-state index contributed by atoms with van der Waals surface area (Å²) >= 11 is 1.68. The number of aryl methyl sites for hydroxylation is 2.